The smallest absolute Gasteiger partial charge is 0.0314 e. The minimum Gasteiger partial charge on any atom is -0.399 e. The van der Waals surface area contributed by atoms with Crippen molar-refractivity contribution in [1.82, 2.24) is 5.32 Å². The number of rotatable bonds is 11. The Bertz CT molecular complexity index is 332. The zero-order chi connectivity index (χ0) is 14.6. The van der Waals surface area contributed by atoms with Gasteiger partial charge in [-0.05, 0) is 49.5 Å². The maximum absolute atomic E-state index is 5.71. The van der Waals surface area contributed by atoms with Crippen molar-refractivity contribution in [3.05, 3.63) is 29.8 Å². The van der Waals surface area contributed by atoms with E-state index in [1.54, 1.807) is 0 Å². The average Bonchev–Trinajstić information content (AvgIpc) is 2.46. The van der Waals surface area contributed by atoms with E-state index in [4.69, 9.17) is 5.73 Å². The van der Waals surface area contributed by atoms with Crippen molar-refractivity contribution in [2.75, 3.05) is 18.8 Å². The largest absolute Gasteiger partial charge is 0.399 e. The number of unbranched alkanes of at least 4 members (excludes halogenated alkanes) is 5. The zero-order valence-corrected chi connectivity index (χ0v) is 13.3. The number of hydrogen-bond donors (Lipinski definition) is 2. The molecule has 20 heavy (non-hydrogen) atoms. The molecular weight excluding hydrogens is 244 g/mol. The number of anilines is 1. The van der Waals surface area contributed by atoms with Gasteiger partial charge in [-0.2, -0.15) is 0 Å². The first kappa shape index (κ1) is 17.0. The van der Waals surface area contributed by atoms with E-state index in [-0.39, 0.29) is 0 Å². The number of nitrogens with two attached hydrogens (primary N) is 1. The van der Waals surface area contributed by atoms with Crippen molar-refractivity contribution in [3.63, 3.8) is 0 Å². The molecule has 0 radical (unpaired) electrons. The van der Waals surface area contributed by atoms with Crippen LogP contribution >= 0.6 is 0 Å². The van der Waals surface area contributed by atoms with E-state index in [0.717, 1.165) is 12.2 Å². The van der Waals surface area contributed by atoms with Gasteiger partial charge in [-0.15, -0.1) is 0 Å². The topological polar surface area (TPSA) is 38.0 Å². The summed E-state index contributed by atoms with van der Waals surface area (Å²) in [7, 11) is 0. The summed E-state index contributed by atoms with van der Waals surface area (Å²) in [6.07, 6.45) is 9.43. The summed E-state index contributed by atoms with van der Waals surface area (Å²) in [5.74, 6) is 0.604. The highest BCUT2D eigenvalue weighted by atomic mass is 14.8. The third-order valence-electron chi connectivity index (χ3n) is 3.97. The fraction of sp³-hybridized carbons (Fsp3) is 0.667. The van der Waals surface area contributed by atoms with Crippen molar-refractivity contribution in [2.45, 2.75) is 64.7 Å². The summed E-state index contributed by atoms with van der Waals surface area (Å²) >= 11 is 0. The van der Waals surface area contributed by atoms with E-state index in [2.05, 4.69) is 31.3 Å². The van der Waals surface area contributed by atoms with E-state index in [1.807, 2.05) is 12.1 Å². The quantitative estimate of drug-likeness (QED) is 0.453. The molecule has 0 saturated heterocycles. The van der Waals surface area contributed by atoms with Gasteiger partial charge >= 0.3 is 0 Å². The molecule has 1 unspecified atom stereocenters. The molecule has 1 aromatic rings. The molecule has 1 atom stereocenters. The van der Waals surface area contributed by atoms with Gasteiger partial charge in [-0.1, -0.05) is 58.1 Å². The molecule has 0 amide bonds. The summed E-state index contributed by atoms with van der Waals surface area (Å²) in [5.41, 5.74) is 7.95. The lowest BCUT2D eigenvalue weighted by molar-refractivity contribution is 0.548. The van der Waals surface area contributed by atoms with Crippen LogP contribution in [0.1, 0.15) is 70.3 Å². The van der Waals surface area contributed by atoms with Crippen LogP contribution in [0, 0.1) is 0 Å². The van der Waals surface area contributed by atoms with Crippen LogP contribution in [0.3, 0.4) is 0 Å². The van der Waals surface area contributed by atoms with E-state index >= 15 is 0 Å². The predicted octanol–water partition coefficient (Wildman–Crippen LogP) is 4.71. The fourth-order valence-electron chi connectivity index (χ4n) is 2.47. The lowest BCUT2D eigenvalue weighted by Crippen LogP contribution is -2.18. The molecule has 1 aromatic carbocycles. The molecule has 2 heteroatoms. The number of hydrogen-bond acceptors (Lipinski definition) is 2. The Morgan fingerprint density at radius 2 is 1.60 bits per heavy atom. The zero-order valence-electron chi connectivity index (χ0n) is 13.3. The van der Waals surface area contributed by atoms with Crippen LogP contribution in [0.4, 0.5) is 5.69 Å². The molecule has 0 fully saturated rings. The summed E-state index contributed by atoms with van der Waals surface area (Å²) in [5, 5.41) is 3.56. The summed E-state index contributed by atoms with van der Waals surface area (Å²) < 4.78 is 0. The molecule has 3 N–H and O–H groups in total. The first-order valence-electron chi connectivity index (χ1n) is 8.30. The van der Waals surface area contributed by atoms with Crippen LogP contribution in [0.5, 0.6) is 0 Å². The molecule has 0 saturated carbocycles. The predicted molar refractivity (Wildman–Crippen MR) is 90.1 cm³/mol. The Balaban J connectivity index is 1.99. The van der Waals surface area contributed by atoms with Crippen molar-refractivity contribution in [3.8, 4) is 0 Å². The van der Waals surface area contributed by atoms with Crippen LogP contribution in [0.25, 0.3) is 0 Å². The summed E-state index contributed by atoms with van der Waals surface area (Å²) in [6.45, 7) is 6.84. The Morgan fingerprint density at radius 3 is 2.30 bits per heavy atom. The van der Waals surface area contributed by atoms with E-state index < -0.39 is 0 Å². The van der Waals surface area contributed by atoms with Crippen molar-refractivity contribution in [1.29, 1.82) is 0 Å². The highest BCUT2D eigenvalue weighted by Crippen LogP contribution is 2.19. The first-order chi connectivity index (χ1) is 9.74. The van der Waals surface area contributed by atoms with Gasteiger partial charge in [0.15, 0.2) is 0 Å². The highest BCUT2D eigenvalue weighted by molar-refractivity contribution is 5.40. The first-order valence-corrected chi connectivity index (χ1v) is 8.30. The third kappa shape index (κ3) is 7.54. The molecule has 2 nitrogen and oxygen atoms in total. The molecule has 0 spiro atoms. The lowest BCUT2D eigenvalue weighted by Gasteiger charge is -2.12. The normalized spacial score (nSPS) is 12.5. The molecule has 0 aliphatic carbocycles. The SMILES string of the molecule is CCCCCCCCNCCC(C)c1ccc(N)cc1. The van der Waals surface area contributed by atoms with Crippen LogP contribution in [0.2, 0.25) is 0 Å². The van der Waals surface area contributed by atoms with Crippen molar-refractivity contribution in [2.24, 2.45) is 0 Å². The summed E-state index contributed by atoms with van der Waals surface area (Å²) in [6, 6.07) is 8.28. The third-order valence-corrected chi connectivity index (χ3v) is 3.97. The minimum absolute atomic E-state index is 0.604. The maximum atomic E-state index is 5.71. The second-order valence-electron chi connectivity index (χ2n) is 5.87. The Hall–Kier alpha value is -1.02. The molecule has 1 rings (SSSR count). The van der Waals surface area contributed by atoms with Crippen LogP contribution in [-0.2, 0) is 0 Å². The van der Waals surface area contributed by atoms with Gasteiger partial charge in [-0.25, -0.2) is 0 Å². The van der Waals surface area contributed by atoms with Crippen LogP contribution in [0.15, 0.2) is 24.3 Å². The second kappa shape index (κ2) is 10.7. The van der Waals surface area contributed by atoms with Crippen LogP contribution < -0.4 is 11.1 Å². The molecule has 0 aromatic heterocycles. The highest BCUT2D eigenvalue weighted by Gasteiger charge is 2.04. The van der Waals surface area contributed by atoms with Gasteiger partial charge in [0.05, 0.1) is 0 Å². The fourth-order valence-corrected chi connectivity index (χ4v) is 2.47. The molecule has 0 aliphatic rings. The molecular formula is C18H32N2. The Labute approximate surface area is 125 Å². The molecule has 0 heterocycles. The van der Waals surface area contributed by atoms with Gasteiger partial charge in [0, 0.05) is 5.69 Å². The number of nitrogens with one attached hydrogen (secondary N) is 1. The number of benzene rings is 1. The lowest BCUT2D eigenvalue weighted by atomic mass is 9.97. The standard InChI is InChI=1S/C18H32N2/c1-3-4-5-6-7-8-14-20-15-13-16(2)17-9-11-18(19)12-10-17/h9-12,16,20H,3-8,13-15,19H2,1-2H3. The molecule has 0 aliphatic heterocycles. The van der Waals surface area contributed by atoms with Crippen molar-refractivity contribution >= 4 is 5.69 Å². The van der Waals surface area contributed by atoms with Gasteiger partial charge in [0.2, 0.25) is 0 Å². The average molecular weight is 276 g/mol. The van der Waals surface area contributed by atoms with Crippen molar-refractivity contribution < 1.29 is 0 Å². The van der Waals surface area contributed by atoms with Crippen LogP contribution in [-0.4, -0.2) is 13.1 Å². The van der Waals surface area contributed by atoms with Gasteiger partial charge in [-0.3, -0.25) is 0 Å². The molecule has 0 bridgehead atoms. The summed E-state index contributed by atoms with van der Waals surface area (Å²) in [4.78, 5) is 0. The monoisotopic (exact) mass is 276 g/mol. The second-order valence-corrected chi connectivity index (χ2v) is 5.87. The Morgan fingerprint density at radius 1 is 0.950 bits per heavy atom. The molecule has 114 valence electrons. The van der Waals surface area contributed by atoms with E-state index in [9.17, 15) is 0 Å². The van der Waals surface area contributed by atoms with Gasteiger partial charge in [0.25, 0.3) is 0 Å². The number of nitrogen functional groups attached to an aromatic ring is 1. The van der Waals surface area contributed by atoms with E-state index in [0.29, 0.717) is 5.92 Å². The van der Waals surface area contributed by atoms with E-state index in [1.165, 1.54) is 57.1 Å². The minimum atomic E-state index is 0.604. The van der Waals surface area contributed by atoms with Gasteiger partial charge in [0.1, 0.15) is 0 Å². The van der Waals surface area contributed by atoms with Gasteiger partial charge < -0.3 is 11.1 Å². The Kier molecular flexibility index (Phi) is 9.14. The maximum Gasteiger partial charge on any atom is 0.0314 e.